The van der Waals surface area contributed by atoms with Gasteiger partial charge in [0.1, 0.15) is 11.8 Å². The van der Waals surface area contributed by atoms with Gasteiger partial charge in [0, 0.05) is 22.2 Å². The van der Waals surface area contributed by atoms with Gasteiger partial charge < -0.3 is 5.32 Å². The van der Waals surface area contributed by atoms with E-state index in [1.165, 1.54) is 11.3 Å². The number of imidazole rings is 1. The number of nitrogens with one attached hydrogen (secondary N) is 1. The molecule has 7 heteroatoms. The third kappa shape index (κ3) is 2.94. The van der Waals surface area contributed by atoms with E-state index < -0.39 is 0 Å². The molecule has 2 heterocycles. The van der Waals surface area contributed by atoms with Crippen LogP contribution < -0.4 is 5.32 Å². The molecule has 0 atom stereocenters. The van der Waals surface area contributed by atoms with E-state index in [9.17, 15) is 10.1 Å². The Balaban J connectivity index is 1.69. The standard InChI is InChI=1S/C19H11ClN4OS/c20-14-7-6-13(9-21)15(8-14)22-18(25)17-11-26-19-23-16(10-24(17)19)12-4-2-1-3-5-12/h1-8,10-11H,(H,22,25). The average Bonchev–Trinajstić information content (AvgIpc) is 3.23. The van der Waals surface area contributed by atoms with Crippen molar-refractivity contribution in [3.05, 3.63) is 76.4 Å². The van der Waals surface area contributed by atoms with Gasteiger partial charge in [0.25, 0.3) is 5.91 Å². The van der Waals surface area contributed by atoms with Crippen LogP contribution in [0.1, 0.15) is 16.1 Å². The minimum atomic E-state index is -0.327. The number of hydrogen-bond donors (Lipinski definition) is 1. The number of thiazole rings is 1. The Morgan fingerprint density at radius 3 is 2.81 bits per heavy atom. The zero-order valence-corrected chi connectivity index (χ0v) is 14.9. The van der Waals surface area contributed by atoms with Crippen molar-refractivity contribution in [1.29, 1.82) is 5.26 Å². The molecular weight excluding hydrogens is 368 g/mol. The molecule has 0 saturated carbocycles. The molecule has 0 radical (unpaired) electrons. The van der Waals surface area contributed by atoms with Crippen LogP contribution >= 0.6 is 22.9 Å². The minimum absolute atomic E-state index is 0.327. The van der Waals surface area contributed by atoms with Crippen molar-refractivity contribution in [3.63, 3.8) is 0 Å². The first kappa shape index (κ1) is 16.3. The first-order chi connectivity index (χ1) is 12.7. The van der Waals surface area contributed by atoms with Crippen molar-refractivity contribution in [2.24, 2.45) is 0 Å². The highest BCUT2D eigenvalue weighted by Gasteiger charge is 2.16. The molecule has 0 aliphatic carbocycles. The van der Waals surface area contributed by atoms with Crippen LogP contribution in [0.3, 0.4) is 0 Å². The summed E-state index contributed by atoms with van der Waals surface area (Å²) in [6.07, 6.45) is 1.83. The Morgan fingerprint density at radius 1 is 1.23 bits per heavy atom. The van der Waals surface area contributed by atoms with Crippen molar-refractivity contribution in [2.45, 2.75) is 0 Å². The number of carbonyl (C=O) groups excluding carboxylic acids is 1. The molecule has 0 fully saturated rings. The molecule has 26 heavy (non-hydrogen) atoms. The summed E-state index contributed by atoms with van der Waals surface area (Å²) in [5, 5.41) is 14.1. The van der Waals surface area contributed by atoms with Crippen molar-refractivity contribution < 1.29 is 4.79 Å². The van der Waals surface area contributed by atoms with Gasteiger partial charge in [-0.3, -0.25) is 9.20 Å². The Kier molecular flexibility index (Phi) is 4.17. The summed E-state index contributed by atoms with van der Waals surface area (Å²) >= 11 is 7.36. The van der Waals surface area contributed by atoms with Crippen LogP contribution in [0.25, 0.3) is 16.2 Å². The molecule has 1 amide bonds. The lowest BCUT2D eigenvalue weighted by atomic mass is 10.2. The van der Waals surface area contributed by atoms with Crippen molar-refractivity contribution in [1.82, 2.24) is 9.38 Å². The molecular formula is C19H11ClN4OS. The van der Waals surface area contributed by atoms with Crippen molar-refractivity contribution >= 4 is 39.5 Å². The molecule has 5 nitrogen and oxygen atoms in total. The molecule has 2 aromatic carbocycles. The van der Waals surface area contributed by atoms with E-state index in [0.717, 1.165) is 16.2 Å². The molecule has 4 rings (SSSR count). The van der Waals surface area contributed by atoms with Gasteiger partial charge in [-0.25, -0.2) is 4.98 Å². The molecule has 4 aromatic rings. The SMILES string of the molecule is N#Cc1ccc(Cl)cc1NC(=O)c1csc2nc(-c3ccccc3)cn12. The normalized spacial score (nSPS) is 10.6. The zero-order valence-electron chi connectivity index (χ0n) is 13.3. The maximum atomic E-state index is 12.7. The number of aromatic nitrogens is 2. The number of benzene rings is 2. The van der Waals surface area contributed by atoms with Gasteiger partial charge in [0.2, 0.25) is 0 Å². The molecule has 0 saturated heterocycles. The Bertz CT molecular complexity index is 1160. The molecule has 2 aromatic heterocycles. The fourth-order valence-corrected chi connectivity index (χ4v) is 3.62. The first-order valence-corrected chi connectivity index (χ1v) is 8.94. The van der Waals surface area contributed by atoms with Gasteiger partial charge in [-0.1, -0.05) is 41.9 Å². The van der Waals surface area contributed by atoms with Crippen LogP contribution in [0.5, 0.6) is 0 Å². The highest BCUT2D eigenvalue weighted by molar-refractivity contribution is 7.15. The fourth-order valence-electron chi connectivity index (χ4n) is 2.60. The van der Waals surface area contributed by atoms with Gasteiger partial charge >= 0.3 is 0 Å². The number of fused-ring (bicyclic) bond motifs is 1. The van der Waals surface area contributed by atoms with Crippen LogP contribution in [0.2, 0.25) is 5.02 Å². The second kappa shape index (κ2) is 6.64. The van der Waals surface area contributed by atoms with Crippen LogP contribution in [0.15, 0.2) is 60.1 Å². The number of carbonyl (C=O) groups is 1. The smallest absolute Gasteiger partial charge is 0.273 e. The van der Waals surface area contributed by atoms with Crippen LogP contribution in [-0.2, 0) is 0 Å². The van der Waals surface area contributed by atoms with Gasteiger partial charge in [-0.15, -0.1) is 11.3 Å². The number of amides is 1. The molecule has 126 valence electrons. The number of rotatable bonds is 3. The van der Waals surface area contributed by atoms with E-state index in [1.54, 1.807) is 28.0 Å². The van der Waals surface area contributed by atoms with Gasteiger partial charge in [0.05, 0.1) is 16.9 Å². The molecule has 0 aliphatic rings. The monoisotopic (exact) mass is 378 g/mol. The predicted octanol–water partition coefficient (Wildman–Crippen LogP) is 4.84. The Morgan fingerprint density at radius 2 is 2.04 bits per heavy atom. The molecule has 0 unspecified atom stereocenters. The molecule has 0 bridgehead atoms. The summed E-state index contributed by atoms with van der Waals surface area (Å²) in [6, 6.07) is 16.6. The number of anilines is 1. The lowest BCUT2D eigenvalue weighted by Crippen LogP contribution is -2.14. The number of nitriles is 1. The largest absolute Gasteiger partial charge is 0.319 e. The average molecular weight is 379 g/mol. The second-order valence-corrected chi connectivity index (χ2v) is 6.79. The van der Waals surface area contributed by atoms with E-state index in [2.05, 4.69) is 10.3 Å². The zero-order chi connectivity index (χ0) is 18.1. The molecule has 0 aliphatic heterocycles. The van der Waals surface area contributed by atoms with Gasteiger partial charge in [0.15, 0.2) is 4.96 Å². The summed E-state index contributed by atoms with van der Waals surface area (Å²) in [6.45, 7) is 0. The quantitative estimate of drug-likeness (QED) is 0.554. The topological polar surface area (TPSA) is 70.2 Å². The van der Waals surface area contributed by atoms with E-state index in [-0.39, 0.29) is 5.91 Å². The van der Waals surface area contributed by atoms with Crippen LogP contribution in [0.4, 0.5) is 5.69 Å². The summed E-state index contributed by atoms with van der Waals surface area (Å²) < 4.78 is 1.75. The summed E-state index contributed by atoms with van der Waals surface area (Å²) in [5.74, 6) is -0.327. The van der Waals surface area contributed by atoms with E-state index in [0.29, 0.717) is 22.0 Å². The lowest BCUT2D eigenvalue weighted by Gasteiger charge is -2.06. The van der Waals surface area contributed by atoms with Gasteiger partial charge in [-0.2, -0.15) is 5.26 Å². The highest BCUT2D eigenvalue weighted by Crippen LogP contribution is 2.25. The summed E-state index contributed by atoms with van der Waals surface area (Å²) in [7, 11) is 0. The fraction of sp³-hybridized carbons (Fsp3) is 0. The van der Waals surface area contributed by atoms with E-state index >= 15 is 0 Å². The maximum absolute atomic E-state index is 12.7. The van der Waals surface area contributed by atoms with E-state index in [4.69, 9.17) is 11.6 Å². The predicted molar refractivity (Wildman–Crippen MR) is 103 cm³/mol. The molecule has 0 spiro atoms. The third-order valence-corrected chi connectivity index (χ3v) is 4.94. The van der Waals surface area contributed by atoms with Crippen LogP contribution in [-0.4, -0.2) is 15.3 Å². The third-order valence-electron chi connectivity index (χ3n) is 3.86. The van der Waals surface area contributed by atoms with E-state index in [1.807, 2.05) is 42.6 Å². The van der Waals surface area contributed by atoms with Gasteiger partial charge in [-0.05, 0) is 18.2 Å². The Hall–Kier alpha value is -3.14. The van der Waals surface area contributed by atoms with Crippen molar-refractivity contribution in [3.8, 4) is 17.3 Å². The summed E-state index contributed by atoms with van der Waals surface area (Å²) in [4.78, 5) is 18.0. The number of halogens is 1. The maximum Gasteiger partial charge on any atom is 0.273 e. The van der Waals surface area contributed by atoms with Crippen molar-refractivity contribution in [2.75, 3.05) is 5.32 Å². The first-order valence-electron chi connectivity index (χ1n) is 7.69. The second-order valence-electron chi connectivity index (χ2n) is 5.52. The minimum Gasteiger partial charge on any atom is -0.319 e. The Labute approximate surface area is 158 Å². The lowest BCUT2D eigenvalue weighted by molar-refractivity contribution is 0.102. The highest BCUT2D eigenvalue weighted by atomic mass is 35.5. The van der Waals surface area contributed by atoms with Crippen LogP contribution in [0, 0.1) is 11.3 Å². The number of hydrogen-bond acceptors (Lipinski definition) is 4. The molecule has 1 N–H and O–H groups in total. The number of nitrogens with zero attached hydrogens (tertiary/aromatic N) is 3. The summed E-state index contributed by atoms with van der Waals surface area (Å²) in [5.41, 5.74) is 2.96.